The molecule has 3 N–H and O–H groups in total. The summed E-state index contributed by atoms with van der Waals surface area (Å²) < 4.78 is 0. The lowest BCUT2D eigenvalue weighted by Crippen LogP contribution is -2.34. The summed E-state index contributed by atoms with van der Waals surface area (Å²) in [5.41, 5.74) is 5.46. The highest BCUT2D eigenvalue weighted by atomic mass is 35.5. The van der Waals surface area contributed by atoms with Crippen molar-refractivity contribution in [3.8, 4) is 0 Å². The lowest BCUT2D eigenvalue weighted by Gasteiger charge is -2.21. The molecule has 2 aliphatic rings. The second-order valence-electron chi connectivity index (χ2n) is 5.65. The number of nitrogens with one attached hydrogen (secondary N) is 1. The van der Waals surface area contributed by atoms with Crippen LogP contribution in [0.4, 0.5) is 0 Å². The maximum Gasteiger partial charge on any atom is 0.224 e. The number of halogens is 1. The third-order valence-electron chi connectivity index (χ3n) is 4.50. The van der Waals surface area contributed by atoms with Gasteiger partial charge in [0.1, 0.15) is 0 Å². The van der Waals surface area contributed by atoms with Gasteiger partial charge in [-0.1, -0.05) is 13.3 Å². The molecule has 2 rings (SSSR count). The van der Waals surface area contributed by atoms with E-state index in [4.69, 9.17) is 5.73 Å². The Morgan fingerprint density at radius 1 is 1.41 bits per heavy atom. The Labute approximate surface area is 110 Å². The van der Waals surface area contributed by atoms with Crippen molar-refractivity contribution in [2.45, 2.75) is 39.0 Å². The van der Waals surface area contributed by atoms with Crippen molar-refractivity contribution in [1.82, 2.24) is 5.32 Å². The minimum Gasteiger partial charge on any atom is -0.356 e. The van der Waals surface area contributed by atoms with Crippen molar-refractivity contribution < 1.29 is 4.79 Å². The molecule has 1 amide bonds. The van der Waals surface area contributed by atoms with E-state index in [9.17, 15) is 4.79 Å². The first-order valence-electron chi connectivity index (χ1n) is 6.68. The van der Waals surface area contributed by atoms with Crippen LogP contribution < -0.4 is 11.1 Å². The zero-order chi connectivity index (χ0) is 11.5. The van der Waals surface area contributed by atoms with E-state index in [1.165, 1.54) is 32.1 Å². The molecule has 4 atom stereocenters. The van der Waals surface area contributed by atoms with E-state index in [1.807, 2.05) is 6.92 Å². The molecule has 2 saturated carbocycles. The van der Waals surface area contributed by atoms with Crippen LogP contribution in [0.2, 0.25) is 0 Å². The second kappa shape index (κ2) is 6.60. The number of hydrogen-bond donors (Lipinski definition) is 2. The fraction of sp³-hybridized carbons (Fsp3) is 0.923. The van der Waals surface area contributed by atoms with Crippen LogP contribution in [0.1, 0.15) is 39.0 Å². The minimum absolute atomic E-state index is 0. The average molecular weight is 261 g/mol. The first-order valence-corrected chi connectivity index (χ1v) is 6.68. The SMILES string of the molecule is CC(CN)C(=O)NCCC1CC2CCC1C2.Cl. The summed E-state index contributed by atoms with van der Waals surface area (Å²) in [6.45, 7) is 3.17. The van der Waals surface area contributed by atoms with Crippen molar-refractivity contribution >= 4 is 18.3 Å². The molecule has 2 bridgehead atoms. The van der Waals surface area contributed by atoms with E-state index in [1.54, 1.807) is 0 Å². The van der Waals surface area contributed by atoms with Crippen LogP contribution in [0.25, 0.3) is 0 Å². The van der Waals surface area contributed by atoms with Gasteiger partial charge in [-0.2, -0.15) is 0 Å². The first kappa shape index (κ1) is 14.8. The van der Waals surface area contributed by atoms with Gasteiger partial charge >= 0.3 is 0 Å². The van der Waals surface area contributed by atoms with Crippen molar-refractivity contribution in [3.63, 3.8) is 0 Å². The van der Waals surface area contributed by atoms with Crippen LogP contribution in [-0.2, 0) is 4.79 Å². The molecule has 0 spiro atoms. The summed E-state index contributed by atoms with van der Waals surface area (Å²) in [5, 5.41) is 3.00. The van der Waals surface area contributed by atoms with E-state index in [0.29, 0.717) is 6.54 Å². The largest absolute Gasteiger partial charge is 0.356 e. The van der Waals surface area contributed by atoms with Crippen LogP contribution >= 0.6 is 12.4 Å². The van der Waals surface area contributed by atoms with Crippen LogP contribution in [0.15, 0.2) is 0 Å². The second-order valence-corrected chi connectivity index (χ2v) is 5.65. The standard InChI is InChI=1S/C13H24N2O.ClH/c1-9(8-14)13(16)15-5-4-12-7-10-2-3-11(12)6-10;/h9-12H,2-8,14H2,1H3,(H,15,16);1H. The van der Waals surface area contributed by atoms with E-state index >= 15 is 0 Å². The maximum atomic E-state index is 11.5. The average Bonchev–Trinajstić information content (AvgIpc) is 2.89. The summed E-state index contributed by atoms with van der Waals surface area (Å²) in [6, 6.07) is 0. The molecule has 0 saturated heterocycles. The molecular formula is C13H25ClN2O. The van der Waals surface area contributed by atoms with Crippen LogP contribution in [0, 0.1) is 23.7 Å². The van der Waals surface area contributed by atoms with Crippen LogP contribution in [0.5, 0.6) is 0 Å². The Bertz CT molecular complexity index is 260. The van der Waals surface area contributed by atoms with Crippen molar-refractivity contribution in [2.24, 2.45) is 29.4 Å². The van der Waals surface area contributed by atoms with Gasteiger partial charge in [0, 0.05) is 19.0 Å². The molecule has 0 aliphatic heterocycles. The van der Waals surface area contributed by atoms with E-state index < -0.39 is 0 Å². The molecule has 100 valence electrons. The topological polar surface area (TPSA) is 55.1 Å². The summed E-state index contributed by atoms with van der Waals surface area (Å²) >= 11 is 0. The predicted octanol–water partition coefficient (Wildman–Crippen LogP) is 1.95. The van der Waals surface area contributed by atoms with Crippen molar-refractivity contribution in [3.05, 3.63) is 0 Å². The Balaban J connectivity index is 0.00000144. The lowest BCUT2D eigenvalue weighted by molar-refractivity contribution is -0.124. The summed E-state index contributed by atoms with van der Waals surface area (Å²) in [4.78, 5) is 11.5. The molecule has 0 radical (unpaired) electrons. The fourth-order valence-electron chi connectivity index (χ4n) is 3.39. The number of nitrogens with two attached hydrogens (primary N) is 1. The molecule has 3 nitrogen and oxygen atoms in total. The highest BCUT2D eigenvalue weighted by Crippen LogP contribution is 2.49. The van der Waals surface area contributed by atoms with Gasteiger partial charge in [-0.25, -0.2) is 0 Å². The molecule has 0 aromatic rings. The van der Waals surface area contributed by atoms with Crippen molar-refractivity contribution in [1.29, 1.82) is 0 Å². The van der Waals surface area contributed by atoms with Crippen molar-refractivity contribution in [2.75, 3.05) is 13.1 Å². The number of amides is 1. The van der Waals surface area contributed by atoms with Gasteiger partial charge in [0.15, 0.2) is 0 Å². The molecule has 17 heavy (non-hydrogen) atoms. The molecule has 4 heteroatoms. The molecule has 2 fully saturated rings. The Morgan fingerprint density at radius 3 is 2.71 bits per heavy atom. The van der Waals surface area contributed by atoms with E-state index in [2.05, 4.69) is 5.32 Å². The zero-order valence-electron chi connectivity index (χ0n) is 10.7. The monoisotopic (exact) mass is 260 g/mol. The smallest absolute Gasteiger partial charge is 0.224 e. The highest BCUT2D eigenvalue weighted by molar-refractivity contribution is 5.85. The maximum absolute atomic E-state index is 11.5. The van der Waals surface area contributed by atoms with Gasteiger partial charge in [-0.15, -0.1) is 12.4 Å². The molecule has 0 aromatic carbocycles. The van der Waals surface area contributed by atoms with E-state index in [-0.39, 0.29) is 24.2 Å². The van der Waals surface area contributed by atoms with Gasteiger partial charge in [0.25, 0.3) is 0 Å². The quantitative estimate of drug-likeness (QED) is 0.794. The summed E-state index contributed by atoms with van der Waals surface area (Å²) in [7, 11) is 0. The number of hydrogen-bond acceptors (Lipinski definition) is 2. The number of carbonyl (C=O) groups is 1. The van der Waals surface area contributed by atoms with Gasteiger partial charge in [0.05, 0.1) is 0 Å². The van der Waals surface area contributed by atoms with E-state index in [0.717, 1.165) is 24.3 Å². The molecule has 0 heterocycles. The number of fused-ring (bicyclic) bond motifs is 2. The summed E-state index contributed by atoms with van der Waals surface area (Å²) in [6.07, 6.45) is 6.93. The zero-order valence-corrected chi connectivity index (χ0v) is 11.5. The van der Waals surface area contributed by atoms with Crippen LogP contribution in [0.3, 0.4) is 0 Å². The van der Waals surface area contributed by atoms with Gasteiger partial charge in [0.2, 0.25) is 5.91 Å². The molecule has 2 aliphatic carbocycles. The molecular weight excluding hydrogens is 236 g/mol. The first-order chi connectivity index (χ1) is 7.70. The Hall–Kier alpha value is -0.280. The predicted molar refractivity (Wildman–Crippen MR) is 72.0 cm³/mol. The third kappa shape index (κ3) is 3.59. The van der Waals surface area contributed by atoms with Gasteiger partial charge in [-0.05, 0) is 43.4 Å². The third-order valence-corrected chi connectivity index (χ3v) is 4.50. The normalized spacial score (nSPS) is 32.0. The fourth-order valence-corrected chi connectivity index (χ4v) is 3.39. The Kier molecular flexibility index (Phi) is 5.74. The van der Waals surface area contributed by atoms with Gasteiger partial charge < -0.3 is 11.1 Å². The highest BCUT2D eigenvalue weighted by Gasteiger charge is 2.38. The number of carbonyl (C=O) groups excluding carboxylic acids is 1. The van der Waals surface area contributed by atoms with Gasteiger partial charge in [-0.3, -0.25) is 4.79 Å². The minimum atomic E-state index is -0.0416. The summed E-state index contributed by atoms with van der Waals surface area (Å²) in [5.74, 6) is 2.93. The molecule has 0 aromatic heterocycles. The number of rotatable bonds is 5. The molecule has 4 unspecified atom stereocenters. The lowest BCUT2D eigenvalue weighted by atomic mass is 9.86. The Morgan fingerprint density at radius 2 is 2.18 bits per heavy atom. The van der Waals surface area contributed by atoms with Crippen LogP contribution in [-0.4, -0.2) is 19.0 Å².